The monoisotopic (exact) mass is 399 g/mol. The lowest BCUT2D eigenvalue weighted by Gasteiger charge is -2.09. The molecular weight excluding hydrogens is 378 g/mol. The number of phenolic OH excluding ortho intramolecular Hbond substituents is 1. The van der Waals surface area contributed by atoms with E-state index in [1.165, 1.54) is 7.11 Å². The van der Waals surface area contributed by atoms with Gasteiger partial charge in [0, 0.05) is 22.8 Å². The number of methoxy groups -OCH3 is 1. The Bertz CT molecular complexity index is 997. The second-order valence-electron chi connectivity index (χ2n) is 6.50. The van der Waals surface area contributed by atoms with E-state index in [-0.39, 0.29) is 18.1 Å². The Labute approximate surface area is 168 Å². The fraction of sp³-hybridized carbons (Fsp3) is 0.238. The van der Waals surface area contributed by atoms with E-state index in [0.29, 0.717) is 17.3 Å². The van der Waals surface area contributed by atoms with Crippen molar-refractivity contribution in [1.29, 1.82) is 0 Å². The number of aryl methyl sites for hydroxylation is 1. The molecular formula is C21H22ClN3O3. The predicted molar refractivity (Wildman–Crippen MR) is 108 cm³/mol. The minimum atomic E-state index is -0.103. The third-order valence-electron chi connectivity index (χ3n) is 4.58. The van der Waals surface area contributed by atoms with Crippen molar-refractivity contribution < 1.29 is 14.6 Å². The summed E-state index contributed by atoms with van der Waals surface area (Å²) in [6, 6.07) is 12.4. The molecule has 0 saturated heterocycles. The van der Waals surface area contributed by atoms with Gasteiger partial charge in [0.25, 0.3) is 0 Å². The van der Waals surface area contributed by atoms with Gasteiger partial charge >= 0.3 is 0 Å². The number of ether oxygens (including phenoxy) is 1. The van der Waals surface area contributed by atoms with Crippen LogP contribution in [0.3, 0.4) is 0 Å². The van der Waals surface area contributed by atoms with Crippen molar-refractivity contribution in [2.75, 3.05) is 7.11 Å². The quantitative estimate of drug-likeness (QED) is 0.662. The summed E-state index contributed by atoms with van der Waals surface area (Å²) in [4.78, 5) is 12.5. The number of rotatable bonds is 6. The van der Waals surface area contributed by atoms with Crippen LogP contribution in [0, 0.1) is 13.8 Å². The SMILES string of the molecule is COc1cc(CNC(=O)Cc2c(C)nn(-c3ccc(Cl)cc3)c2C)ccc1O. The van der Waals surface area contributed by atoms with E-state index in [9.17, 15) is 9.90 Å². The molecule has 7 heteroatoms. The van der Waals surface area contributed by atoms with Crippen LogP contribution in [0.2, 0.25) is 5.02 Å². The lowest BCUT2D eigenvalue weighted by molar-refractivity contribution is -0.120. The van der Waals surface area contributed by atoms with E-state index in [2.05, 4.69) is 10.4 Å². The number of phenols is 1. The summed E-state index contributed by atoms with van der Waals surface area (Å²) in [5.74, 6) is 0.343. The van der Waals surface area contributed by atoms with E-state index < -0.39 is 0 Å². The first-order valence-corrected chi connectivity index (χ1v) is 9.20. The van der Waals surface area contributed by atoms with Gasteiger partial charge in [-0.3, -0.25) is 4.79 Å². The molecule has 0 aliphatic carbocycles. The van der Waals surface area contributed by atoms with Crippen LogP contribution in [0.5, 0.6) is 11.5 Å². The van der Waals surface area contributed by atoms with Crippen LogP contribution in [0.25, 0.3) is 5.69 Å². The lowest BCUT2D eigenvalue weighted by atomic mass is 10.1. The van der Waals surface area contributed by atoms with Crippen LogP contribution < -0.4 is 10.1 Å². The summed E-state index contributed by atoms with van der Waals surface area (Å²) in [7, 11) is 1.49. The zero-order valence-electron chi connectivity index (χ0n) is 16.0. The number of aromatic hydroxyl groups is 1. The van der Waals surface area contributed by atoms with Gasteiger partial charge in [-0.05, 0) is 55.8 Å². The number of hydrogen-bond donors (Lipinski definition) is 2. The standard InChI is InChI=1S/C21H22ClN3O3/c1-13-18(14(2)25(24-13)17-7-5-16(22)6-8-17)11-21(27)23-12-15-4-9-19(26)20(10-15)28-3/h4-10,26H,11-12H2,1-3H3,(H,23,27). The Hall–Kier alpha value is -2.99. The molecule has 0 aliphatic rings. The van der Waals surface area contributed by atoms with Gasteiger partial charge in [-0.25, -0.2) is 4.68 Å². The maximum Gasteiger partial charge on any atom is 0.224 e. The van der Waals surface area contributed by atoms with E-state index >= 15 is 0 Å². The van der Waals surface area contributed by atoms with Gasteiger partial charge < -0.3 is 15.2 Å². The molecule has 2 aromatic carbocycles. The summed E-state index contributed by atoms with van der Waals surface area (Å²) in [5.41, 5.74) is 4.37. The molecule has 1 heterocycles. The van der Waals surface area contributed by atoms with Crippen molar-refractivity contribution in [2.45, 2.75) is 26.8 Å². The first-order valence-electron chi connectivity index (χ1n) is 8.82. The third kappa shape index (κ3) is 4.28. The molecule has 28 heavy (non-hydrogen) atoms. The van der Waals surface area contributed by atoms with Crippen LogP contribution in [-0.4, -0.2) is 27.9 Å². The molecule has 0 bridgehead atoms. The second kappa shape index (κ2) is 8.35. The average molecular weight is 400 g/mol. The maximum atomic E-state index is 12.5. The Kier molecular flexibility index (Phi) is 5.90. The van der Waals surface area contributed by atoms with Crippen molar-refractivity contribution in [3.8, 4) is 17.2 Å². The Balaban J connectivity index is 1.70. The summed E-state index contributed by atoms with van der Waals surface area (Å²) >= 11 is 5.95. The number of benzene rings is 2. The summed E-state index contributed by atoms with van der Waals surface area (Å²) < 4.78 is 6.91. The lowest BCUT2D eigenvalue weighted by Crippen LogP contribution is -2.25. The number of halogens is 1. The third-order valence-corrected chi connectivity index (χ3v) is 4.84. The van der Waals surface area contributed by atoms with E-state index in [1.54, 1.807) is 18.2 Å². The van der Waals surface area contributed by atoms with Crippen LogP contribution in [-0.2, 0) is 17.8 Å². The van der Waals surface area contributed by atoms with E-state index in [4.69, 9.17) is 16.3 Å². The largest absolute Gasteiger partial charge is 0.504 e. The van der Waals surface area contributed by atoms with Gasteiger partial charge in [-0.2, -0.15) is 5.10 Å². The molecule has 2 N–H and O–H groups in total. The van der Waals surface area contributed by atoms with Gasteiger partial charge in [0.1, 0.15) is 0 Å². The molecule has 6 nitrogen and oxygen atoms in total. The number of carbonyl (C=O) groups is 1. The van der Waals surface area contributed by atoms with Crippen molar-refractivity contribution >= 4 is 17.5 Å². The van der Waals surface area contributed by atoms with E-state index in [0.717, 1.165) is 28.2 Å². The molecule has 3 rings (SSSR count). The van der Waals surface area contributed by atoms with E-state index in [1.807, 2.05) is 42.8 Å². The molecule has 146 valence electrons. The molecule has 3 aromatic rings. The number of carbonyl (C=O) groups excluding carboxylic acids is 1. The average Bonchev–Trinajstić information content (AvgIpc) is 2.96. The van der Waals surface area contributed by atoms with Gasteiger partial charge in [-0.15, -0.1) is 0 Å². The highest BCUT2D eigenvalue weighted by atomic mass is 35.5. The number of hydrogen-bond acceptors (Lipinski definition) is 4. The maximum absolute atomic E-state index is 12.5. The Morgan fingerprint density at radius 3 is 2.61 bits per heavy atom. The molecule has 0 unspecified atom stereocenters. The zero-order chi connectivity index (χ0) is 20.3. The molecule has 1 amide bonds. The first-order chi connectivity index (χ1) is 13.4. The fourth-order valence-corrected chi connectivity index (χ4v) is 3.15. The number of nitrogens with one attached hydrogen (secondary N) is 1. The van der Waals surface area contributed by atoms with Crippen LogP contribution >= 0.6 is 11.6 Å². The number of aromatic nitrogens is 2. The predicted octanol–water partition coefficient (Wildman–Crippen LogP) is 3.72. The molecule has 0 fully saturated rings. The summed E-state index contributed by atoms with van der Waals surface area (Å²) in [6.07, 6.45) is 0.237. The van der Waals surface area contributed by atoms with Crippen molar-refractivity contribution in [3.05, 3.63) is 70.0 Å². The summed E-state index contributed by atoms with van der Waals surface area (Å²) in [5, 5.41) is 17.8. The molecule has 0 aliphatic heterocycles. The Morgan fingerprint density at radius 2 is 1.93 bits per heavy atom. The van der Waals surface area contributed by atoms with Crippen LogP contribution in [0.15, 0.2) is 42.5 Å². The van der Waals surface area contributed by atoms with Gasteiger partial charge in [-0.1, -0.05) is 17.7 Å². The van der Waals surface area contributed by atoms with Crippen molar-refractivity contribution in [1.82, 2.24) is 15.1 Å². The smallest absolute Gasteiger partial charge is 0.224 e. The topological polar surface area (TPSA) is 76.4 Å². The fourth-order valence-electron chi connectivity index (χ4n) is 3.02. The Morgan fingerprint density at radius 1 is 1.21 bits per heavy atom. The second-order valence-corrected chi connectivity index (χ2v) is 6.93. The molecule has 0 saturated carbocycles. The minimum Gasteiger partial charge on any atom is -0.504 e. The number of nitrogens with zero attached hydrogens (tertiary/aromatic N) is 2. The number of amides is 1. The zero-order valence-corrected chi connectivity index (χ0v) is 16.7. The van der Waals surface area contributed by atoms with Crippen LogP contribution in [0.4, 0.5) is 0 Å². The highest BCUT2D eigenvalue weighted by Crippen LogP contribution is 2.26. The highest BCUT2D eigenvalue weighted by Gasteiger charge is 2.16. The molecule has 0 atom stereocenters. The molecule has 0 spiro atoms. The normalized spacial score (nSPS) is 10.7. The van der Waals surface area contributed by atoms with Gasteiger partial charge in [0.05, 0.1) is 24.9 Å². The van der Waals surface area contributed by atoms with Crippen molar-refractivity contribution in [3.63, 3.8) is 0 Å². The molecule has 0 radical (unpaired) electrons. The van der Waals surface area contributed by atoms with Crippen LogP contribution in [0.1, 0.15) is 22.5 Å². The van der Waals surface area contributed by atoms with Crippen molar-refractivity contribution in [2.24, 2.45) is 0 Å². The summed E-state index contributed by atoms with van der Waals surface area (Å²) in [6.45, 7) is 4.19. The minimum absolute atomic E-state index is 0.0680. The van der Waals surface area contributed by atoms with Gasteiger partial charge in [0.15, 0.2) is 11.5 Å². The highest BCUT2D eigenvalue weighted by molar-refractivity contribution is 6.30. The first kappa shape index (κ1) is 19.8. The van der Waals surface area contributed by atoms with Gasteiger partial charge in [0.2, 0.25) is 5.91 Å². The molecule has 1 aromatic heterocycles.